The zero-order valence-corrected chi connectivity index (χ0v) is 13.5. The molecule has 0 bridgehead atoms. The van der Waals surface area contributed by atoms with Gasteiger partial charge in [0.2, 0.25) is 0 Å². The number of ether oxygens (including phenoxy) is 2. The van der Waals surface area contributed by atoms with E-state index in [0.29, 0.717) is 52.5 Å². The van der Waals surface area contributed by atoms with Crippen LogP contribution in [0, 0.1) is 0 Å². The molecule has 1 aliphatic heterocycles. The standard InChI is InChI=1S/C13H28N2O4S/c1-3-18-8-6-15(7-9-19-4-2)13(11-14)5-10-20(16,17)12-13/h3-12,14H2,1-2H3. The van der Waals surface area contributed by atoms with Crippen molar-refractivity contribution in [1.82, 2.24) is 4.90 Å². The molecule has 0 aromatic rings. The molecule has 1 atom stereocenters. The average Bonchev–Trinajstić information content (AvgIpc) is 2.74. The van der Waals surface area contributed by atoms with Crippen molar-refractivity contribution in [3.63, 3.8) is 0 Å². The average molecular weight is 308 g/mol. The summed E-state index contributed by atoms with van der Waals surface area (Å²) in [5.41, 5.74) is 5.46. The fourth-order valence-corrected chi connectivity index (χ4v) is 4.76. The summed E-state index contributed by atoms with van der Waals surface area (Å²) >= 11 is 0. The van der Waals surface area contributed by atoms with Gasteiger partial charge in [-0.1, -0.05) is 0 Å². The summed E-state index contributed by atoms with van der Waals surface area (Å²) in [7, 11) is -2.98. The van der Waals surface area contributed by atoms with Crippen LogP contribution in [0.15, 0.2) is 0 Å². The first kappa shape index (κ1) is 17.8. The Hall–Kier alpha value is -0.210. The van der Waals surface area contributed by atoms with Crippen LogP contribution in [0.2, 0.25) is 0 Å². The summed E-state index contributed by atoms with van der Waals surface area (Å²) in [5, 5.41) is 0. The van der Waals surface area contributed by atoms with E-state index in [1.165, 1.54) is 0 Å². The van der Waals surface area contributed by atoms with Gasteiger partial charge in [0.05, 0.1) is 24.7 Å². The van der Waals surface area contributed by atoms with Crippen molar-refractivity contribution < 1.29 is 17.9 Å². The molecule has 0 aromatic carbocycles. The number of nitrogens with two attached hydrogens (primary N) is 1. The highest BCUT2D eigenvalue weighted by molar-refractivity contribution is 7.91. The van der Waals surface area contributed by atoms with Gasteiger partial charge < -0.3 is 15.2 Å². The van der Waals surface area contributed by atoms with Crippen molar-refractivity contribution in [3.05, 3.63) is 0 Å². The predicted octanol–water partition coefficient (Wildman–Crippen LogP) is -0.123. The maximum absolute atomic E-state index is 11.8. The third kappa shape index (κ3) is 4.96. The fraction of sp³-hybridized carbons (Fsp3) is 1.00. The van der Waals surface area contributed by atoms with E-state index in [4.69, 9.17) is 15.2 Å². The highest BCUT2D eigenvalue weighted by Crippen LogP contribution is 2.28. The summed E-state index contributed by atoms with van der Waals surface area (Å²) in [4.78, 5) is 2.14. The summed E-state index contributed by atoms with van der Waals surface area (Å²) < 4.78 is 34.4. The summed E-state index contributed by atoms with van der Waals surface area (Å²) in [5.74, 6) is 0.374. The molecular formula is C13H28N2O4S. The van der Waals surface area contributed by atoms with E-state index in [2.05, 4.69) is 4.90 Å². The Balaban J connectivity index is 2.72. The lowest BCUT2D eigenvalue weighted by atomic mass is 9.96. The molecule has 2 N–H and O–H groups in total. The molecule has 1 heterocycles. The van der Waals surface area contributed by atoms with Crippen LogP contribution >= 0.6 is 0 Å². The highest BCUT2D eigenvalue weighted by Gasteiger charge is 2.45. The number of hydrogen-bond donors (Lipinski definition) is 1. The summed E-state index contributed by atoms with van der Waals surface area (Å²) in [6.45, 7) is 8.12. The van der Waals surface area contributed by atoms with Gasteiger partial charge in [0.25, 0.3) is 0 Å². The van der Waals surface area contributed by atoms with Crippen molar-refractivity contribution in [3.8, 4) is 0 Å². The maximum Gasteiger partial charge on any atom is 0.152 e. The molecule has 1 unspecified atom stereocenters. The lowest BCUT2D eigenvalue weighted by molar-refractivity contribution is 0.0328. The zero-order valence-electron chi connectivity index (χ0n) is 12.6. The maximum atomic E-state index is 11.8. The molecule has 1 fully saturated rings. The van der Waals surface area contributed by atoms with E-state index in [9.17, 15) is 8.42 Å². The van der Waals surface area contributed by atoms with Crippen LogP contribution in [0.5, 0.6) is 0 Å². The Bertz CT molecular complexity index is 365. The molecule has 20 heavy (non-hydrogen) atoms. The second kappa shape index (κ2) is 8.29. The van der Waals surface area contributed by atoms with E-state index < -0.39 is 15.4 Å². The Morgan fingerprint density at radius 1 is 1.15 bits per heavy atom. The smallest absolute Gasteiger partial charge is 0.152 e. The van der Waals surface area contributed by atoms with Gasteiger partial charge in [0.15, 0.2) is 9.84 Å². The van der Waals surface area contributed by atoms with Crippen molar-refractivity contribution in [2.45, 2.75) is 25.8 Å². The minimum absolute atomic E-state index is 0.148. The molecule has 0 saturated carbocycles. The Kier molecular flexibility index (Phi) is 7.39. The number of sulfone groups is 1. The predicted molar refractivity (Wildman–Crippen MR) is 79.6 cm³/mol. The second-order valence-electron chi connectivity index (χ2n) is 5.15. The first-order valence-corrected chi connectivity index (χ1v) is 9.13. The Labute approximate surface area is 122 Å². The molecule has 1 rings (SSSR count). The molecular weight excluding hydrogens is 280 g/mol. The van der Waals surface area contributed by atoms with Crippen LogP contribution < -0.4 is 5.73 Å². The quantitative estimate of drug-likeness (QED) is 0.567. The third-order valence-electron chi connectivity index (χ3n) is 3.84. The van der Waals surface area contributed by atoms with Gasteiger partial charge >= 0.3 is 0 Å². The molecule has 0 spiro atoms. The van der Waals surface area contributed by atoms with Crippen LogP contribution in [0.3, 0.4) is 0 Å². The van der Waals surface area contributed by atoms with Gasteiger partial charge in [-0.2, -0.15) is 0 Å². The van der Waals surface area contributed by atoms with Gasteiger partial charge in [-0.25, -0.2) is 8.42 Å². The van der Waals surface area contributed by atoms with Crippen molar-refractivity contribution in [2.75, 3.05) is 57.6 Å². The minimum atomic E-state index is -2.98. The molecule has 0 aliphatic carbocycles. The first-order valence-electron chi connectivity index (χ1n) is 7.30. The first-order chi connectivity index (χ1) is 9.49. The van der Waals surface area contributed by atoms with E-state index in [0.717, 1.165) is 0 Å². The van der Waals surface area contributed by atoms with Gasteiger partial charge in [-0.05, 0) is 20.3 Å². The van der Waals surface area contributed by atoms with Gasteiger partial charge in [-0.15, -0.1) is 0 Å². The van der Waals surface area contributed by atoms with Gasteiger partial charge in [0, 0.05) is 38.4 Å². The van der Waals surface area contributed by atoms with Crippen LogP contribution in [-0.2, 0) is 19.3 Å². The molecule has 1 saturated heterocycles. The molecule has 6 nitrogen and oxygen atoms in total. The van der Waals surface area contributed by atoms with Crippen molar-refractivity contribution in [1.29, 1.82) is 0 Å². The van der Waals surface area contributed by atoms with E-state index >= 15 is 0 Å². The van der Waals surface area contributed by atoms with Crippen molar-refractivity contribution in [2.24, 2.45) is 5.73 Å². The topological polar surface area (TPSA) is 81.9 Å². The minimum Gasteiger partial charge on any atom is -0.380 e. The van der Waals surface area contributed by atoms with Crippen LogP contribution in [0.1, 0.15) is 20.3 Å². The van der Waals surface area contributed by atoms with Crippen molar-refractivity contribution >= 4 is 9.84 Å². The lowest BCUT2D eigenvalue weighted by Gasteiger charge is -2.39. The largest absolute Gasteiger partial charge is 0.380 e. The zero-order chi connectivity index (χ0) is 15.1. The third-order valence-corrected chi connectivity index (χ3v) is 5.64. The van der Waals surface area contributed by atoms with Gasteiger partial charge in [0.1, 0.15) is 0 Å². The highest BCUT2D eigenvalue weighted by atomic mass is 32.2. The van der Waals surface area contributed by atoms with Crippen LogP contribution in [0.25, 0.3) is 0 Å². The van der Waals surface area contributed by atoms with Crippen LogP contribution in [0.4, 0.5) is 0 Å². The Morgan fingerprint density at radius 3 is 2.05 bits per heavy atom. The SMILES string of the molecule is CCOCCN(CCOCC)C1(CN)CCS(=O)(=O)C1. The molecule has 120 valence electrons. The van der Waals surface area contributed by atoms with E-state index in [-0.39, 0.29) is 11.5 Å². The number of rotatable bonds is 10. The summed E-state index contributed by atoms with van der Waals surface area (Å²) in [6.07, 6.45) is 0.601. The fourth-order valence-electron chi connectivity index (χ4n) is 2.66. The molecule has 0 amide bonds. The normalized spacial score (nSPS) is 25.4. The van der Waals surface area contributed by atoms with E-state index in [1.807, 2.05) is 13.8 Å². The second-order valence-corrected chi connectivity index (χ2v) is 7.34. The Morgan fingerprint density at radius 2 is 1.70 bits per heavy atom. The monoisotopic (exact) mass is 308 g/mol. The number of nitrogens with zero attached hydrogens (tertiary/aromatic N) is 1. The molecule has 0 aromatic heterocycles. The molecule has 0 radical (unpaired) electrons. The lowest BCUT2D eigenvalue weighted by Crippen LogP contribution is -2.56. The summed E-state index contributed by atoms with van der Waals surface area (Å²) in [6, 6.07) is 0. The van der Waals surface area contributed by atoms with E-state index in [1.54, 1.807) is 0 Å². The molecule has 7 heteroatoms. The van der Waals surface area contributed by atoms with Crippen LogP contribution in [-0.4, -0.2) is 76.4 Å². The number of hydrogen-bond acceptors (Lipinski definition) is 6. The van der Waals surface area contributed by atoms with Gasteiger partial charge in [-0.3, -0.25) is 4.90 Å². The molecule has 1 aliphatic rings.